The molecular formula is C12H25N3O. The van der Waals surface area contributed by atoms with Gasteiger partial charge in [0.15, 0.2) is 0 Å². The van der Waals surface area contributed by atoms with Gasteiger partial charge in [-0.2, -0.15) is 0 Å². The molecule has 0 aromatic heterocycles. The molecule has 0 bridgehead atoms. The normalized spacial score (nSPS) is 20.3. The van der Waals surface area contributed by atoms with Crippen LogP contribution in [-0.2, 0) is 4.79 Å². The molecule has 1 aliphatic rings. The number of carbonyl (C=O) groups is 1. The van der Waals surface area contributed by atoms with Crippen LogP contribution in [0.1, 0.15) is 32.6 Å². The molecular weight excluding hydrogens is 202 g/mol. The molecule has 0 aromatic carbocycles. The minimum absolute atomic E-state index is 0.112. The van der Waals surface area contributed by atoms with Gasteiger partial charge in [0, 0.05) is 13.1 Å². The Labute approximate surface area is 98.8 Å². The lowest BCUT2D eigenvalue weighted by molar-refractivity contribution is -0.121. The van der Waals surface area contributed by atoms with Crippen molar-refractivity contribution in [1.29, 1.82) is 0 Å². The molecule has 4 heteroatoms. The van der Waals surface area contributed by atoms with E-state index in [0.717, 1.165) is 19.1 Å². The van der Waals surface area contributed by atoms with Crippen molar-refractivity contribution in [2.24, 2.45) is 0 Å². The molecule has 1 aliphatic heterocycles. The second kappa shape index (κ2) is 7.63. The van der Waals surface area contributed by atoms with Gasteiger partial charge >= 0.3 is 0 Å². The molecule has 0 spiro atoms. The summed E-state index contributed by atoms with van der Waals surface area (Å²) in [6.45, 7) is 5.80. The smallest absolute Gasteiger partial charge is 0.233 e. The fourth-order valence-electron chi connectivity index (χ4n) is 2.20. The van der Waals surface area contributed by atoms with Crippen molar-refractivity contribution in [3.05, 3.63) is 0 Å². The predicted octanol–water partition coefficient (Wildman–Crippen LogP) is 0.587. The number of rotatable bonds is 7. The van der Waals surface area contributed by atoms with Crippen molar-refractivity contribution >= 4 is 5.91 Å². The highest BCUT2D eigenvalue weighted by atomic mass is 16.1. The number of hydrogen-bond acceptors (Lipinski definition) is 3. The monoisotopic (exact) mass is 227 g/mol. The van der Waals surface area contributed by atoms with Gasteiger partial charge in [0.25, 0.3) is 0 Å². The van der Waals surface area contributed by atoms with Crippen LogP contribution in [0.5, 0.6) is 0 Å². The molecule has 2 N–H and O–H groups in total. The summed E-state index contributed by atoms with van der Waals surface area (Å²) in [6.07, 6.45) is 5.06. The molecule has 0 aromatic rings. The van der Waals surface area contributed by atoms with Crippen molar-refractivity contribution in [3.63, 3.8) is 0 Å². The fraction of sp³-hybridized carbons (Fsp3) is 0.917. The minimum atomic E-state index is 0.112. The molecule has 94 valence electrons. The van der Waals surface area contributed by atoms with Gasteiger partial charge in [0.05, 0.1) is 6.54 Å². The van der Waals surface area contributed by atoms with Crippen LogP contribution in [-0.4, -0.2) is 50.1 Å². The van der Waals surface area contributed by atoms with E-state index in [1.54, 1.807) is 7.05 Å². The number of nitrogens with zero attached hydrogens (tertiary/aromatic N) is 1. The van der Waals surface area contributed by atoms with Crippen LogP contribution < -0.4 is 10.6 Å². The lowest BCUT2D eigenvalue weighted by atomic mass is 10.1. The van der Waals surface area contributed by atoms with Crippen LogP contribution in [0.15, 0.2) is 0 Å². The molecule has 4 nitrogen and oxygen atoms in total. The molecule has 1 unspecified atom stereocenters. The summed E-state index contributed by atoms with van der Waals surface area (Å²) in [5, 5.41) is 6.17. The lowest BCUT2D eigenvalue weighted by Gasteiger charge is -2.20. The van der Waals surface area contributed by atoms with Gasteiger partial charge in [-0.25, -0.2) is 0 Å². The van der Waals surface area contributed by atoms with Crippen LogP contribution in [0, 0.1) is 0 Å². The Bertz CT molecular complexity index is 202. The zero-order chi connectivity index (χ0) is 11.8. The molecule has 1 amide bonds. The van der Waals surface area contributed by atoms with E-state index < -0.39 is 0 Å². The number of nitrogens with one attached hydrogen (secondary N) is 2. The van der Waals surface area contributed by atoms with E-state index in [2.05, 4.69) is 22.5 Å². The third kappa shape index (κ3) is 4.94. The third-order valence-electron chi connectivity index (χ3n) is 3.28. The molecule has 1 rings (SSSR count). The lowest BCUT2D eigenvalue weighted by Crippen LogP contribution is -2.36. The molecule has 1 saturated heterocycles. The van der Waals surface area contributed by atoms with E-state index in [0.29, 0.717) is 6.54 Å². The van der Waals surface area contributed by atoms with E-state index in [1.165, 1.54) is 32.2 Å². The zero-order valence-corrected chi connectivity index (χ0v) is 10.6. The summed E-state index contributed by atoms with van der Waals surface area (Å²) in [5.41, 5.74) is 0. The Hall–Kier alpha value is -0.610. The van der Waals surface area contributed by atoms with E-state index >= 15 is 0 Å². The standard InChI is InChI=1S/C12H25N3O/c1-3-15(10-12(16)13-2)9-5-7-11-6-4-8-14-11/h11,14H,3-10H2,1-2H3,(H,13,16). The van der Waals surface area contributed by atoms with Crippen LogP contribution >= 0.6 is 0 Å². The Morgan fingerprint density at radius 2 is 2.38 bits per heavy atom. The van der Waals surface area contributed by atoms with E-state index in [1.807, 2.05) is 0 Å². The Balaban J connectivity index is 2.10. The van der Waals surface area contributed by atoms with Crippen molar-refractivity contribution in [2.75, 3.05) is 33.2 Å². The predicted molar refractivity (Wildman–Crippen MR) is 66.4 cm³/mol. The first-order valence-corrected chi connectivity index (χ1v) is 6.42. The van der Waals surface area contributed by atoms with E-state index in [-0.39, 0.29) is 5.91 Å². The minimum Gasteiger partial charge on any atom is -0.358 e. The quantitative estimate of drug-likeness (QED) is 0.669. The van der Waals surface area contributed by atoms with Crippen LogP contribution in [0.3, 0.4) is 0 Å². The summed E-state index contributed by atoms with van der Waals surface area (Å²) in [7, 11) is 1.69. The summed E-state index contributed by atoms with van der Waals surface area (Å²) >= 11 is 0. The highest BCUT2D eigenvalue weighted by molar-refractivity contribution is 5.77. The summed E-state index contributed by atoms with van der Waals surface area (Å²) < 4.78 is 0. The number of carbonyl (C=O) groups excluding carboxylic acids is 1. The van der Waals surface area contributed by atoms with Gasteiger partial charge in [0.1, 0.15) is 0 Å². The fourth-order valence-corrected chi connectivity index (χ4v) is 2.20. The Morgan fingerprint density at radius 3 is 2.94 bits per heavy atom. The van der Waals surface area contributed by atoms with Crippen LogP contribution in [0.4, 0.5) is 0 Å². The third-order valence-corrected chi connectivity index (χ3v) is 3.28. The summed E-state index contributed by atoms with van der Waals surface area (Å²) in [6, 6.07) is 0.721. The number of likely N-dealkylation sites (N-methyl/N-ethyl adjacent to an activating group) is 2. The zero-order valence-electron chi connectivity index (χ0n) is 10.6. The first-order chi connectivity index (χ1) is 7.76. The SMILES string of the molecule is CCN(CCCC1CCCN1)CC(=O)NC. The summed E-state index contributed by atoms with van der Waals surface area (Å²) in [4.78, 5) is 13.4. The van der Waals surface area contributed by atoms with Gasteiger partial charge in [-0.3, -0.25) is 9.69 Å². The van der Waals surface area contributed by atoms with Gasteiger partial charge in [-0.05, 0) is 45.3 Å². The van der Waals surface area contributed by atoms with Crippen LogP contribution in [0.25, 0.3) is 0 Å². The van der Waals surface area contributed by atoms with Crippen molar-refractivity contribution in [3.8, 4) is 0 Å². The topological polar surface area (TPSA) is 44.4 Å². The van der Waals surface area contributed by atoms with Crippen molar-refractivity contribution in [2.45, 2.75) is 38.6 Å². The van der Waals surface area contributed by atoms with Gasteiger partial charge in [-0.1, -0.05) is 6.92 Å². The molecule has 1 atom stereocenters. The first kappa shape index (κ1) is 13.5. The van der Waals surface area contributed by atoms with Crippen molar-refractivity contribution < 1.29 is 4.79 Å². The highest BCUT2D eigenvalue weighted by Gasteiger charge is 2.14. The highest BCUT2D eigenvalue weighted by Crippen LogP contribution is 2.10. The largest absolute Gasteiger partial charge is 0.358 e. The molecule has 1 fully saturated rings. The second-order valence-electron chi connectivity index (χ2n) is 4.48. The van der Waals surface area contributed by atoms with E-state index in [9.17, 15) is 4.79 Å². The van der Waals surface area contributed by atoms with Gasteiger partial charge in [0.2, 0.25) is 5.91 Å². The molecule has 0 saturated carbocycles. The molecule has 0 radical (unpaired) electrons. The Kier molecular flexibility index (Phi) is 6.42. The van der Waals surface area contributed by atoms with Gasteiger partial charge in [-0.15, -0.1) is 0 Å². The Morgan fingerprint density at radius 1 is 1.56 bits per heavy atom. The van der Waals surface area contributed by atoms with E-state index in [4.69, 9.17) is 0 Å². The van der Waals surface area contributed by atoms with Crippen LogP contribution in [0.2, 0.25) is 0 Å². The number of hydrogen-bond donors (Lipinski definition) is 2. The first-order valence-electron chi connectivity index (χ1n) is 6.42. The second-order valence-corrected chi connectivity index (χ2v) is 4.48. The van der Waals surface area contributed by atoms with Crippen molar-refractivity contribution in [1.82, 2.24) is 15.5 Å². The number of amides is 1. The van der Waals surface area contributed by atoms with Gasteiger partial charge < -0.3 is 10.6 Å². The molecule has 1 heterocycles. The molecule has 0 aliphatic carbocycles. The summed E-state index contributed by atoms with van der Waals surface area (Å²) in [5.74, 6) is 0.112. The maximum Gasteiger partial charge on any atom is 0.233 e. The molecule has 16 heavy (non-hydrogen) atoms. The average molecular weight is 227 g/mol. The average Bonchev–Trinajstić information content (AvgIpc) is 2.80. The maximum atomic E-state index is 11.2. The maximum absolute atomic E-state index is 11.2.